The third kappa shape index (κ3) is 4.06. The molecule has 0 fully saturated rings. The first-order valence-corrected chi connectivity index (χ1v) is 10.0. The molecule has 4 rings (SSSR count). The Morgan fingerprint density at radius 3 is 2.89 bits per heavy atom. The zero-order valence-corrected chi connectivity index (χ0v) is 16.9. The maximum Gasteiger partial charge on any atom is 0.224 e. The SMILES string of the molecule is Cc1ccc2c(ccn2CCNC(=O)Cc2ccc3c(c2)CCC(C)(C)O3)c1. The number of hydrogen-bond donors (Lipinski definition) is 1. The standard InChI is InChI=1S/C24H28N2O2/c1-17-4-6-21-19(14-17)9-12-26(21)13-11-25-23(27)16-18-5-7-22-20(15-18)8-10-24(2,3)28-22/h4-7,9,12,14-15H,8,10-11,13,16H2,1-3H3,(H,25,27). The molecule has 1 N–H and O–H groups in total. The van der Waals surface area contributed by atoms with Crippen LogP contribution in [0, 0.1) is 6.92 Å². The Morgan fingerprint density at radius 1 is 1.18 bits per heavy atom. The molecule has 146 valence electrons. The van der Waals surface area contributed by atoms with Gasteiger partial charge in [0, 0.05) is 24.8 Å². The van der Waals surface area contributed by atoms with Gasteiger partial charge in [-0.1, -0.05) is 23.8 Å². The summed E-state index contributed by atoms with van der Waals surface area (Å²) in [7, 11) is 0. The van der Waals surface area contributed by atoms with Crippen LogP contribution in [0.5, 0.6) is 5.75 Å². The maximum absolute atomic E-state index is 12.4. The summed E-state index contributed by atoms with van der Waals surface area (Å²) in [5.41, 5.74) is 4.61. The second-order valence-corrected chi connectivity index (χ2v) is 8.40. The van der Waals surface area contributed by atoms with Crippen molar-refractivity contribution >= 4 is 16.8 Å². The number of nitrogens with zero attached hydrogens (tertiary/aromatic N) is 1. The molecule has 4 nitrogen and oxygen atoms in total. The first-order valence-electron chi connectivity index (χ1n) is 10.0. The number of benzene rings is 2. The Bertz CT molecular complexity index is 1020. The van der Waals surface area contributed by atoms with Gasteiger partial charge in [0.05, 0.1) is 6.42 Å². The molecule has 3 aromatic rings. The molecule has 1 aliphatic rings. The summed E-state index contributed by atoms with van der Waals surface area (Å²) in [5.74, 6) is 1.01. The fourth-order valence-corrected chi connectivity index (χ4v) is 3.90. The van der Waals surface area contributed by atoms with Crippen LogP contribution in [0.4, 0.5) is 0 Å². The highest BCUT2D eigenvalue weighted by molar-refractivity contribution is 5.81. The molecule has 0 unspecified atom stereocenters. The number of aromatic nitrogens is 1. The van der Waals surface area contributed by atoms with Crippen LogP contribution < -0.4 is 10.1 Å². The minimum atomic E-state index is -0.104. The normalized spacial score (nSPS) is 15.1. The highest BCUT2D eigenvalue weighted by Crippen LogP contribution is 2.33. The zero-order chi connectivity index (χ0) is 19.7. The minimum absolute atomic E-state index is 0.0595. The van der Waals surface area contributed by atoms with Crippen LogP contribution in [0.1, 0.15) is 37.0 Å². The molecule has 0 spiro atoms. The van der Waals surface area contributed by atoms with E-state index < -0.39 is 0 Å². The van der Waals surface area contributed by atoms with Gasteiger partial charge in [-0.3, -0.25) is 4.79 Å². The van der Waals surface area contributed by atoms with E-state index in [2.05, 4.69) is 67.2 Å². The van der Waals surface area contributed by atoms with Crippen molar-refractivity contribution in [2.24, 2.45) is 0 Å². The van der Waals surface area contributed by atoms with E-state index >= 15 is 0 Å². The summed E-state index contributed by atoms with van der Waals surface area (Å²) in [6.45, 7) is 7.73. The summed E-state index contributed by atoms with van der Waals surface area (Å²) in [6, 6.07) is 14.7. The molecule has 1 aliphatic heterocycles. The molecule has 0 saturated carbocycles. The van der Waals surface area contributed by atoms with E-state index in [1.807, 2.05) is 12.1 Å². The third-order valence-electron chi connectivity index (χ3n) is 5.47. The Kier molecular flexibility index (Phi) is 4.88. The topological polar surface area (TPSA) is 43.3 Å². The van der Waals surface area contributed by atoms with Gasteiger partial charge in [0.15, 0.2) is 0 Å². The van der Waals surface area contributed by atoms with Gasteiger partial charge >= 0.3 is 0 Å². The Balaban J connectivity index is 1.32. The third-order valence-corrected chi connectivity index (χ3v) is 5.47. The number of carbonyl (C=O) groups excluding carboxylic acids is 1. The second-order valence-electron chi connectivity index (χ2n) is 8.40. The van der Waals surface area contributed by atoms with Crippen LogP contribution >= 0.6 is 0 Å². The number of fused-ring (bicyclic) bond motifs is 2. The average molecular weight is 377 g/mol. The zero-order valence-electron chi connectivity index (χ0n) is 16.9. The fraction of sp³-hybridized carbons (Fsp3) is 0.375. The fourth-order valence-electron chi connectivity index (χ4n) is 3.90. The van der Waals surface area contributed by atoms with Gasteiger partial charge in [0.25, 0.3) is 0 Å². The van der Waals surface area contributed by atoms with Gasteiger partial charge in [-0.25, -0.2) is 0 Å². The van der Waals surface area contributed by atoms with Gasteiger partial charge < -0.3 is 14.6 Å². The molecular weight excluding hydrogens is 348 g/mol. The molecule has 2 heterocycles. The first-order chi connectivity index (χ1) is 13.4. The Morgan fingerprint density at radius 2 is 2.04 bits per heavy atom. The molecular formula is C24H28N2O2. The predicted molar refractivity (Wildman–Crippen MR) is 113 cm³/mol. The van der Waals surface area contributed by atoms with E-state index in [0.29, 0.717) is 13.0 Å². The molecule has 0 aliphatic carbocycles. The van der Waals surface area contributed by atoms with E-state index in [1.54, 1.807) is 0 Å². The van der Waals surface area contributed by atoms with Crippen molar-refractivity contribution in [1.82, 2.24) is 9.88 Å². The van der Waals surface area contributed by atoms with Crippen LogP contribution in [0.3, 0.4) is 0 Å². The van der Waals surface area contributed by atoms with E-state index in [1.165, 1.54) is 22.0 Å². The number of aryl methyl sites for hydroxylation is 2. The quantitative estimate of drug-likeness (QED) is 0.717. The van der Waals surface area contributed by atoms with Gasteiger partial charge in [-0.2, -0.15) is 0 Å². The van der Waals surface area contributed by atoms with E-state index in [4.69, 9.17) is 4.74 Å². The summed E-state index contributed by atoms with van der Waals surface area (Å²) in [6.07, 6.45) is 4.49. The lowest BCUT2D eigenvalue weighted by Crippen LogP contribution is -2.32. The van der Waals surface area contributed by atoms with Crippen molar-refractivity contribution in [2.45, 2.75) is 52.2 Å². The Hall–Kier alpha value is -2.75. The number of ether oxygens (including phenoxy) is 1. The molecule has 1 amide bonds. The van der Waals surface area contributed by atoms with Gasteiger partial charge in [0.2, 0.25) is 5.91 Å². The molecule has 28 heavy (non-hydrogen) atoms. The van der Waals surface area contributed by atoms with E-state index in [0.717, 1.165) is 30.7 Å². The monoisotopic (exact) mass is 376 g/mol. The summed E-state index contributed by atoms with van der Waals surface area (Å²) in [5, 5.41) is 4.29. The second kappa shape index (κ2) is 7.34. The van der Waals surface area contributed by atoms with E-state index in [-0.39, 0.29) is 11.5 Å². The van der Waals surface area contributed by atoms with Crippen molar-refractivity contribution in [2.75, 3.05) is 6.54 Å². The molecule has 4 heteroatoms. The number of amides is 1. The molecule has 0 saturated heterocycles. The summed E-state index contributed by atoms with van der Waals surface area (Å²) < 4.78 is 8.21. The van der Waals surface area contributed by atoms with Crippen molar-refractivity contribution in [3.8, 4) is 5.75 Å². The van der Waals surface area contributed by atoms with Crippen molar-refractivity contribution in [3.63, 3.8) is 0 Å². The van der Waals surface area contributed by atoms with Crippen LogP contribution in [0.15, 0.2) is 48.7 Å². The number of nitrogens with one attached hydrogen (secondary N) is 1. The van der Waals surface area contributed by atoms with E-state index in [9.17, 15) is 4.79 Å². The van der Waals surface area contributed by atoms with Crippen LogP contribution in [-0.4, -0.2) is 22.6 Å². The average Bonchev–Trinajstić information content (AvgIpc) is 3.03. The van der Waals surface area contributed by atoms with Gasteiger partial charge in [-0.05, 0) is 74.4 Å². The highest BCUT2D eigenvalue weighted by atomic mass is 16.5. The summed E-state index contributed by atoms with van der Waals surface area (Å²) >= 11 is 0. The lowest BCUT2D eigenvalue weighted by molar-refractivity contribution is -0.120. The predicted octanol–water partition coefficient (Wildman–Crippen LogP) is 4.41. The van der Waals surface area contributed by atoms with Crippen molar-refractivity contribution in [3.05, 3.63) is 65.4 Å². The van der Waals surface area contributed by atoms with Crippen LogP contribution in [-0.2, 0) is 24.2 Å². The lowest BCUT2D eigenvalue weighted by atomic mass is 9.93. The van der Waals surface area contributed by atoms with Crippen LogP contribution in [0.25, 0.3) is 10.9 Å². The van der Waals surface area contributed by atoms with Crippen LogP contribution in [0.2, 0.25) is 0 Å². The Labute approximate surface area is 166 Å². The number of rotatable bonds is 5. The summed E-state index contributed by atoms with van der Waals surface area (Å²) in [4.78, 5) is 12.4. The number of carbonyl (C=O) groups is 1. The number of hydrogen-bond acceptors (Lipinski definition) is 2. The molecule has 0 radical (unpaired) electrons. The minimum Gasteiger partial charge on any atom is -0.488 e. The molecule has 0 bridgehead atoms. The van der Waals surface area contributed by atoms with Gasteiger partial charge in [0.1, 0.15) is 11.4 Å². The molecule has 2 aromatic carbocycles. The highest BCUT2D eigenvalue weighted by Gasteiger charge is 2.26. The lowest BCUT2D eigenvalue weighted by Gasteiger charge is -2.32. The first kappa shape index (κ1) is 18.6. The van der Waals surface area contributed by atoms with Crippen molar-refractivity contribution in [1.29, 1.82) is 0 Å². The van der Waals surface area contributed by atoms with Gasteiger partial charge in [-0.15, -0.1) is 0 Å². The molecule has 1 aromatic heterocycles. The molecule has 0 atom stereocenters. The van der Waals surface area contributed by atoms with Crippen molar-refractivity contribution < 1.29 is 9.53 Å². The maximum atomic E-state index is 12.4. The largest absolute Gasteiger partial charge is 0.488 e. The smallest absolute Gasteiger partial charge is 0.224 e.